The van der Waals surface area contributed by atoms with Crippen LogP contribution in [0.3, 0.4) is 0 Å². The Labute approximate surface area is 269 Å². The molecule has 0 atom stereocenters. The predicted molar refractivity (Wildman–Crippen MR) is 178 cm³/mol. The van der Waals surface area contributed by atoms with Crippen LogP contribution >= 0.6 is 0 Å². The second kappa shape index (κ2) is 14.3. The fourth-order valence-corrected chi connectivity index (χ4v) is 5.71. The standard InChI is InChI=1S/C35H41N7O4/c1-25-23-28(9-12-30(25)34(43)40(2)18-13-26-14-20-42(3,4)21-15-26)39-32-33-38-24-31(41(33)19-17-36-32)27-7-10-29(11-8-27)46-22-6-5-16-37-35(44)45/h7-12,17,19,23-24,26,37H,13-16,18,20-22H2,1-4H3,(H-,36,39,43,44,45)/p+1. The van der Waals surface area contributed by atoms with E-state index in [-0.39, 0.29) is 19.1 Å². The molecule has 2 amide bonds. The molecule has 1 aliphatic rings. The second-order valence-electron chi connectivity index (χ2n) is 12.4. The zero-order valence-corrected chi connectivity index (χ0v) is 26.9. The van der Waals surface area contributed by atoms with Gasteiger partial charge in [-0.25, -0.2) is 14.8 Å². The minimum absolute atomic E-state index is 0.0477. The van der Waals surface area contributed by atoms with Crippen molar-refractivity contribution in [2.75, 3.05) is 59.2 Å². The zero-order valence-electron chi connectivity index (χ0n) is 26.9. The number of carbonyl (C=O) groups excluding carboxylic acids is 1. The number of carboxylic acid groups (broad SMARTS) is 1. The summed E-state index contributed by atoms with van der Waals surface area (Å²) in [5.41, 5.74) is 4.95. The lowest BCUT2D eigenvalue weighted by Crippen LogP contribution is -2.46. The maximum Gasteiger partial charge on any atom is 0.405 e. The number of hydrogen-bond donors (Lipinski definition) is 3. The number of carbonyl (C=O) groups is 2. The number of benzene rings is 2. The van der Waals surface area contributed by atoms with Crippen LogP contribution in [0.15, 0.2) is 61.1 Å². The lowest BCUT2D eigenvalue weighted by atomic mass is 9.92. The van der Waals surface area contributed by atoms with Crippen LogP contribution in [0.1, 0.15) is 35.2 Å². The van der Waals surface area contributed by atoms with Crippen molar-refractivity contribution in [3.63, 3.8) is 0 Å². The molecule has 0 aliphatic carbocycles. The van der Waals surface area contributed by atoms with Gasteiger partial charge in [0.05, 0.1) is 45.6 Å². The second-order valence-corrected chi connectivity index (χ2v) is 12.4. The first-order valence-electron chi connectivity index (χ1n) is 15.5. The Kier molecular flexibility index (Phi) is 10.1. The number of nitrogens with one attached hydrogen (secondary N) is 2. The number of fused-ring (bicyclic) bond motifs is 1. The Bertz CT molecular complexity index is 1740. The summed E-state index contributed by atoms with van der Waals surface area (Å²) in [5.74, 6) is 7.45. The summed E-state index contributed by atoms with van der Waals surface area (Å²) in [5, 5.41) is 14.1. The fourth-order valence-electron chi connectivity index (χ4n) is 5.71. The Morgan fingerprint density at radius 2 is 1.87 bits per heavy atom. The summed E-state index contributed by atoms with van der Waals surface area (Å²) >= 11 is 0. The maximum atomic E-state index is 13.3. The summed E-state index contributed by atoms with van der Waals surface area (Å²) in [6.45, 7) is 5.35. The molecule has 3 N–H and O–H groups in total. The van der Waals surface area contributed by atoms with Gasteiger partial charge in [0.15, 0.2) is 11.5 Å². The number of likely N-dealkylation sites (tertiary alicyclic amines) is 1. The molecule has 11 heteroatoms. The van der Waals surface area contributed by atoms with Crippen molar-refractivity contribution in [2.45, 2.75) is 26.2 Å². The molecule has 240 valence electrons. The monoisotopic (exact) mass is 624 g/mol. The van der Waals surface area contributed by atoms with E-state index in [1.165, 1.54) is 25.9 Å². The van der Waals surface area contributed by atoms with Gasteiger partial charge in [-0.1, -0.05) is 11.8 Å². The number of aromatic nitrogens is 3. The number of ether oxygens (including phenoxy) is 1. The quantitative estimate of drug-likeness (QED) is 0.167. The number of hydrogen-bond acceptors (Lipinski definition) is 6. The van der Waals surface area contributed by atoms with Gasteiger partial charge in [0.2, 0.25) is 0 Å². The molecule has 3 heterocycles. The molecule has 1 aliphatic heterocycles. The first-order chi connectivity index (χ1) is 22.1. The van der Waals surface area contributed by atoms with Gasteiger partial charge in [0, 0.05) is 42.8 Å². The topological polar surface area (TPSA) is 121 Å². The van der Waals surface area contributed by atoms with Crippen molar-refractivity contribution >= 4 is 29.2 Å². The fraction of sp³-hybridized carbons (Fsp3) is 0.371. The summed E-state index contributed by atoms with van der Waals surface area (Å²) in [6.07, 6.45) is 7.78. The van der Waals surface area contributed by atoms with Crippen LogP contribution in [0, 0.1) is 24.7 Å². The molecular formula is C35H42N7O4+. The van der Waals surface area contributed by atoms with E-state index in [9.17, 15) is 9.59 Å². The number of amides is 2. The summed E-state index contributed by atoms with van der Waals surface area (Å²) in [6, 6.07) is 13.4. The van der Waals surface area contributed by atoms with Gasteiger partial charge in [0.25, 0.3) is 5.91 Å². The van der Waals surface area contributed by atoms with E-state index >= 15 is 0 Å². The first kappa shape index (κ1) is 32.3. The van der Waals surface area contributed by atoms with Crippen molar-refractivity contribution in [3.05, 3.63) is 72.2 Å². The number of imidazole rings is 1. The van der Waals surface area contributed by atoms with E-state index in [4.69, 9.17) is 9.84 Å². The highest BCUT2D eigenvalue weighted by Gasteiger charge is 2.26. The summed E-state index contributed by atoms with van der Waals surface area (Å²) in [4.78, 5) is 34.8. The predicted octanol–water partition coefficient (Wildman–Crippen LogP) is 5.05. The summed E-state index contributed by atoms with van der Waals surface area (Å²) < 4.78 is 8.70. The van der Waals surface area contributed by atoms with Crippen molar-refractivity contribution in [3.8, 4) is 28.8 Å². The van der Waals surface area contributed by atoms with Crippen LogP contribution in [0.5, 0.6) is 5.75 Å². The SMILES string of the molecule is Cc1cc(Nc2nccn3c(-c4ccc(OCC#CCNC(=O)O)cc4)cnc23)ccc1C(=O)N(C)CCC1CC[N+](C)(C)CC1. The molecule has 11 nitrogen and oxygen atoms in total. The molecule has 0 unspecified atom stereocenters. The number of aryl methyl sites for hydroxylation is 1. The lowest BCUT2D eigenvalue weighted by Gasteiger charge is -2.37. The van der Waals surface area contributed by atoms with E-state index in [1.54, 1.807) is 12.4 Å². The molecule has 0 saturated carbocycles. The molecule has 0 bridgehead atoms. The molecule has 46 heavy (non-hydrogen) atoms. The molecule has 1 saturated heterocycles. The van der Waals surface area contributed by atoms with Crippen molar-refractivity contribution in [1.29, 1.82) is 0 Å². The largest absolute Gasteiger partial charge is 0.481 e. The average molecular weight is 625 g/mol. The van der Waals surface area contributed by atoms with Gasteiger partial charge < -0.3 is 29.9 Å². The Balaban J connectivity index is 1.20. The lowest BCUT2D eigenvalue weighted by molar-refractivity contribution is -0.896. The zero-order chi connectivity index (χ0) is 32.7. The van der Waals surface area contributed by atoms with E-state index in [0.29, 0.717) is 28.7 Å². The molecule has 2 aromatic carbocycles. The van der Waals surface area contributed by atoms with Crippen LogP contribution in [0.25, 0.3) is 16.9 Å². The van der Waals surface area contributed by atoms with E-state index in [0.717, 1.165) is 40.0 Å². The van der Waals surface area contributed by atoms with Gasteiger partial charge in [-0.15, -0.1) is 0 Å². The molecule has 1 fully saturated rings. The minimum Gasteiger partial charge on any atom is -0.481 e. The highest BCUT2D eigenvalue weighted by Crippen LogP contribution is 2.28. The number of nitrogens with zero attached hydrogens (tertiary/aromatic N) is 5. The minimum atomic E-state index is -1.11. The average Bonchev–Trinajstić information content (AvgIpc) is 3.47. The van der Waals surface area contributed by atoms with E-state index in [1.807, 2.05) is 71.9 Å². The number of quaternary nitrogens is 1. The van der Waals surface area contributed by atoms with Crippen LogP contribution in [0.2, 0.25) is 0 Å². The van der Waals surface area contributed by atoms with Crippen molar-refractivity contribution in [2.24, 2.45) is 5.92 Å². The van der Waals surface area contributed by atoms with Gasteiger partial charge >= 0.3 is 6.09 Å². The number of anilines is 2. The third-order valence-corrected chi connectivity index (χ3v) is 8.57. The molecule has 4 aromatic rings. The highest BCUT2D eigenvalue weighted by molar-refractivity contribution is 5.96. The van der Waals surface area contributed by atoms with E-state index in [2.05, 4.69) is 46.5 Å². The number of rotatable bonds is 10. The summed E-state index contributed by atoms with van der Waals surface area (Å²) in [7, 11) is 6.49. The molecule has 0 spiro atoms. The maximum absolute atomic E-state index is 13.3. The van der Waals surface area contributed by atoms with Gasteiger partial charge in [0.1, 0.15) is 12.4 Å². The third-order valence-electron chi connectivity index (χ3n) is 8.57. The smallest absolute Gasteiger partial charge is 0.405 e. The molecule has 2 aromatic heterocycles. The van der Waals surface area contributed by atoms with Crippen molar-refractivity contribution < 1.29 is 23.9 Å². The van der Waals surface area contributed by atoms with Gasteiger partial charge in [-0.2, -0.15) is 0 Å². The Morgan fingerprint density at radius 3 is 2.59 bits per heavy atom. The molecular weight excluding hydrogens is 582 g/mol. The van der Waals surface area contributed by atoms with E-state index < -0.39 is 6.09 Å². The third kappa shape index (κ3) is 8.14. The normalized spacial score (nSPS) is 14.3. The van der Waals surface area contributed by atoms with Crippen LogP contribution in [0.4, 0.5) is 16.3 Å². The molecule has 5 rings (SSSR count). The highest BCUT2D eigenvalue weighted by atomic mass is 16.5. The van der Waals surface area contributed by atoms with Crippen LogP contribution in [-0.4, -0.2) is 94.8 Å². The van der Waals surface area contributed by atoms with Gasteiger partial charge in [-0.3, -0.25) is 9.20 Å². The van der Waals surface area contributed by atoms with Crippen molar-refractivity contribution in [1.82, 2.24) is 24.6 Å². The first-order valence-corrected chi connectivity index (χ1v) is 15.5. The number of piperidine rings is 1. The van der Waals surface area contributed by atoms with Crippen LogP contribution < -0.4 is 15.4 Å². The van der Waals surface area contributed by atoms with Gasteiger partial charge in [-0.05, 0) is 80.1 Å². The Hall–Kier alpha value is -5.08. The Morgan fingerprint density at radius 1 is 1.11 bits per heavy atom. The molecule has 0 radical (unpaired) electrons. The van der Waals surface area contributed by atoms with Crippen LogP contribution in [-0.2, 0) is 0 Å².